The lowest BCUT2D eigenvalue weighted by Gasteiger charge is -2.15. The molecular weight excluding hydrogens is 339 g/mol. The van der Waals surface area contributed by atoms with E-state index in [9.17, 15) is 0 Å². The minimum Gasteiger partial charge on any atom is -0.495 e. The fourth-order valence-electron chi connectivity index (χ4n) is 1.81. The van der Waals surface area contributed by atoms with Crippen LogP contribution in [-0.2, 0) is 0 Å². The normalized spacial score (nSPS) is 12.5. The number of hydrogen-bond acceptors (Lipinski definition) is 2. The van der Waals surface area contributed by atoms with Gasteiger partial charge in [-0.3, -0.25) is 0 Å². The fraction of sp³-hybridized carbons (Fsp3) is 0.231. The lowest BCUT2D eigenvalue weighted by molar-refractivity contribution is 0.407. The summed E-state index contributed by atoms with van der Waals surface area (Å²) in [5, 5.41) is 0.234. The van der Waals surface area contributed by atoms with Crippen LogP contribution in [0.25, 0.3) is 0 Å². The summed E-state index contributed by atoms with van der Waals surface area (Å²) in [7, 11) is 1.60. The molecule has 0 amide bonds. The zero-order chi connectivity index (χ0) is 13.3. The third-order valence-corrected chi connectivity index (χ3v) is 3.96. The van der Waals surface area contributed by atoms with Crippen molar-refractivity contribution >= 4 is 39.1 Å². The summed E-state index contributed by atoms with van der Waals surface area (Å²) in [6, 6.07) is 5.42. The van der Waals surface area contributed by atoms with E-state index >= 15 is 0 Å². The number of aryl methyl sites for hydroxylation is 1. The largest absolute Gasteiger partial charge is 0.495 e. The van der Waals surface area contributed by atoms with Gasteiger partial charge in [-0.2, -0.15) is 0 Å². The molecule has 0 aliphatic heterocycles. The molecule has 2 rings (SSSR count). The van der Waals surface area contributed by atoms with Gasteiger partial charge < -0.3 is 9.15 Å². The lowest BCUT2D eigenvalue weighted by atomic mass is 10.0. The number of halogens is 3. The molecule has 2 aromatic rings. The number of ether oxygens (including phenoxy) is 1. The van der Waals surface area contributed by atoms with Crippen molar-refractivity contribution in [1.82, 2.24) is 0 Å². The highest BCUT2D eigenvalue weighted by Crippen LogP contribution is 2.42. The van der Waals surface area contributed by atoms with E-state index in [-0.39, 0.29) is 5.38 Å². The molecular formula is C13H11BrCl2O2. The summed E-state index contributed by atoms with van der Waals surface area (Å²) in [5.74, 6) is 1.47. The van der Waals surface area contributed by atoms with Crippen molar-refractivity contribution in [2.45, 2.75) is 12.3 Å². The highest BCUT2D eigenvalue weighted by Gasteiger charge is 2.21. The number of methoxy groups -OCH3 is 1. The van der Waals surface area contributed by atoms with E-state index in [2.05, 4.69) is 15.9 Å². The minimum atomic E-state index is -0.367. The summed E-state index contributed by atoms with van der Waals surface area (Å²) < 4.78 is 11.4. The molecule has 0 N–H and O–H groups in total. The molecule has 96 valence electrons. The Morgan fingerprint density at radius 3 is 2.61 bits per heavy atom. The maximum Gasteiger partial charge on any atom is 0.138 e. The first-order valence-electron chi connectivity index (χ1n) is 5.25. The standard InChI is InChI=1S/C13H11BrCl2O2/c1-7-9(3-4-18-7)12(16)10-5-8(15)6-11(14)13(10)17-2/h3-6,12H,1-2H3. The quantitative estimate of drug-likeness (QED) is 0.698. The Kier molecular flexibility index (Phi) is 4.25. The highest BCUT2D eigenvalue weighted by molar-refractivity contribution is 9.10. The van der Waals surface area contributed by atoms with Gasteiger partial charge in [0.2, 0.25) is 0 Å². The van der Waals surface area contributed by atoms with Crippen molar-refractivity contribution in [3.05, 3.63) is 50.8 Å². The first-order chi connectivity index (χ1) is 8.54. The number of hydrogen-bond donors (Lipinski definition) is 0. The third-order valence-electron chi connectivity index (χ3n) is 2.69. The van der Waals surface area contributed by atoms with Gasteiger partial charge in [0.25, 0.3) is 0 Å². The van der Waals surface area contributed by atoms with Crippen LogP contribution in [-0.4, -0.2) is 7.11 Å². The Balaban J connectivity index is 2.54. The molecule has 18 heavy (non-hydrogen) atoms. The van der Waals surface area contributed by atoms with Crippen LogP contribution in [0.5, 0.6) is 5.75 Å². The smallest absolute Gasteiger partial charge is 0.138 e. The monoisotopic (exact) mass is 348 g/mol. The molecule has 1 aromatic heterocycles. The average molecular weight is 350 g/mol. The second-order valence-electron chi connectivity index (χ2n) is 3.80. The van der Waals surface area contributed by atoms with E-state index in [1.807, 2.05) is 13.0 Å². The molecule has 0 spiro atoms. The fourth-order valence-corrected chi connectivity index (χ4v) is 3.19. The molecule has 1 heterocycles. The second-order valence-corrected chi connectivity index (χ2v) is 5.53. The van der Waals surface area contributed by atoms with Gasteiger partial charge in [0, 0.05) is 16.1 Å². The molecule has 0 aliphatic rings. The number of furan rings is 1. The van der Waals surface area contributed by atoms with Crippen LogP contribution in [0.3, 0.4) is 0 Å². The van der Waals surface area contributed by atoms with E-state index in [1.54, 1.807) is 25.5 Å². The zero-order valence-electron chi connectivity index (χ0n) is 9.84. The molecule has 0 fully saturated rings. The number of rotatable bonds is 3. The first kappa shape index (κ1) is 13.8. The van der Waals surface area contributed by atoms with Crippen LogP contribution in [0.2, 0.25) is 5.02 Å². The zero-order valence-corrected chi connectivity index (χ0v) is 12.9. The van der Waals surface area contributed by atoms with Gasteiger partial charge in [0.05, 0.1) is 23.2 Å². The Morgan fingerprint density at radius 2 is 2.06 bits per heavy atom. The van der Waals surface area contributed by atoms with Gasteiger partial charge in [0.1, 0.15) is 11.5 Å². The summed E-state index contributed by atoms with van der Waals surface area (Å²) in [4.78, 5) is 0. The Morgan fingerprint density at radius 1 is 1.33 bits per heavy atom. The van der Waals surface area contributed by atoms with E-state index in [1.165, 1.54) is 0 Å². The van der Waals surface area contributed by atoms with Crippen LogP contribution in [0.1, 0.15) is 22.3 Å². The Bertz CT molecular complexity index is 566. The van der Waals surface area contributed by atoms with Gasteiger partial charge in [-0.05, 0) is 41.1 Å². The topological polar surface area (TPSA) is 22.4 Å². The maximum atomic E-state index is 6.49. The van der Waals surface area contributed by atoms with E-state index in [0.29, 0.717) is 10.8 Å². The van der Waals surface area contributed by atoms with Gasteiger partial charge >= 0.3 is 0 Å². The maximum absolute atomic E-state index is 6.49. The summed E-state index contributed by atoms with van der Waals surface area (Å²) >= 11 is 16.0. The van der Waals surface area contributed by atoms with Gasteiger partial charge in [-0.15, -0.1) is 11.6 Å². The van der Waals surface area contributed by atoms with Crippen molar-refractivity contribution in [3.63, 3.8) is 0 Å². The molecule has 0 radical (unpaired) electrons. The summed E-state index contributed by atoms with van der Waals surface area (Å²) in [6.45, 7) is 1.87. The van der Waals surface area contributed by atoms with Crippen molar-refractivity contribution in [2.75, 3.05) is 7.11 Å². The second kappa shape index (κ2) is 5.55. The van der Waals surface area contributed by atoms with Crippen LogP contribution < -0.4 is 4.74 Å². The van der Waals surface area contributed by atoms with Crippen molar-refractivity contribution in [3.8, 4) is 5.75 Å². The Hall–Kier alpha value is -0.640. The molecule has 0 saturated carbocycles. The molecule has 1 atom stereocenters. The molecule has 0 aliphatic carbocycles. The molecule has 0 bridgehead atoms. The van der Waals surface area contributed by atoms with Gasteiger partial charge in [-0.1, -0.05) is 11.6 Å². The van der Waals surface area contributed by atoms with Crippen molar-refractivity contribution in [1.29, 1.82) is 0 Å². The number of alkyl halides is 1. The predicted molar refractivity (Wildman–Crippen MR) is 76.8 cm³/mol. The Labute approximate surface area is 124 Å². The van der Waals surface area contributed by atoms with Crippen LogP contribution in [0.15, 0.2) is 33.4 Å². The summed E-state index contributed by atoms with van der Waals surface area (Å²) in [6.07, 6.45) is 1.62. The predicted octanol–water partition coefficient (Wildman–Crippen LogP) is 5.34. The molecule has 1 aromatic carbocycles. The third kappa shape index (κ3) is 2.53. The van der Waals surface area contributed by atoms with Crippen LogP contribution in [0.4, 0.5) is 0 Å². The van der Waals surface area contributed by atoms with E-state index in [4.69, 9.17) is 32.4 Å². The average Bonchev–Trinajstić information content (AvgIpc) is 2.73. The van der Waals surface area contributed by atoms with E-state index in [0.717, 1.165) is 21.4 Å². The van der Waals surface area contributed by atoms with Crippen LogP contribution in [0, 0.1) is 6.92 Å². The minimum absolute atomic E-state index is 0.367. The first-order valence-corrected chi connectivity index (χ1v) is 6.86. The SMILES string of the molecule is COc1c(Br)cc(Cl)cc1C(Cl)c1ccoc1C. The van der Waals surface area contributed by atoms with Crippen molar-refractivity contribution < 1.29 is 9.15 Å². The van der Waals surface area contributed by atoms with Gasteiger partial charge in [-0.25, -0.2) is 0 Å². The molecule has 2 nitrogen and oxygen atoms in total. The van der Waals surface area contributed by atoms with Gasteiger partial charge in [0.15, 0.2) is 0 Å². The lowest BCUT2D eigenvalue weighted by Crippen LogP contribution is -1.99. The van der Waals surface area contributed by atoms with Crippen LogP contribution >= 0.6 is 39.1 Å². The molecule has 0 saturated heterocycles. The number of benzene rings is 1. The molecule has 5 heteroatoms. The summed E-state index contributed by atoms with van der Waals surface area (Å²) in [5.41, 5.74) is 1.71. The highest BCUT2D eigenvalue weighted by atomic mass is 79.9. The molecule has 1 unspecified atom stereocenters. The van der Waals surface area contributed by atoms with Crippen molar-refractivity contribution in [2.24, 2.45) is 0 Å². The van der Waals surface area contributed by atoms with E-state index < -0.39 is 0 Å².